The Hall–Kier alpha value is -2.23. The Morgan fingerprint density at radius 2 is 1.88 bits per heavy atom. The van der Waals surface area contributed by atoms with E-state index in [4.69, 9.17) is 9.47 Å². The molecule has 0 bridgehead atoms. The zero-order chi connectivity index (χ0) is 29.7. The Bertz CT molecular complexity index is 1250. The van der Waals surface area contributed by atoms with E-state index >= 15 is 0 Å². The van der Waals surface area contributed by atoms with Crippen LogP contribution < -0.4 is 4.74 Å². The number of aryl methyl sites for hydroxylation is 1. The zero-order valence-corrected chi connectivity index (χ0v) is 27.0. The summed E-state index contributed by atoms with van der Waals surface area (Å²) in [6.07, 6.45) is 15.2. The van der Waals surface area contributed by atoms with E-state index in [-0.39, 0.29) is 35.1 Å². The number of unbranched alkanes of at least 4 members (excludes halogenated alkanes) is 2. The number of fused-ring (bicyclic) bond motifs is 4. The Morgan fingerprint density at radius 3 is 2.61 bits per heavy atom. The number of aromatic hydroxyl groups is 1. The van der Waals surface area contributed by atoms with E-state index in [9.17, 15) is 9.90 Å². The van der Waals surface area contributed by atoms with Gasteiger partial charge in [0.1, 0.15) is 28.3 Å². The van der Waals surface area contributed by atoms with Gasteiger partial charge in [-0.25, -0.2) is 4.79 Å². The molecule has 0 spiro atoms. The predicted octanol–water partition coefficient (Wildman–Crippen LogP) is 9.98. The van der Waals surface area contributed by atoms with Crippen molar-refractivity contribution in [3.63, 3.8) is 0 Å². The van der Waals surface area contributed by atoms with Crippen LogP contribution in [0.2, 0.25) is 0 Å². The lowest BCUT2D eigenvalue weighted by atomic mass is 9.59. The van der Waals surface area contributed by atoms with E-state index in [1.54, 1.807) is 11.1 Å². The molecule has 1 aromatic rings. The van der Waals surface area contributed by atoms with Crippen molar-refractivity contribution < 1.29 is 19.4 Å². The lowest BCUT2D eigenvalue weighted by Crippen LogP contribution is -2.45. The van der Waals surface area contributed by atoms with Crippen molar-refractivity contribution >= 4 is 5.97 Å². The molecule has 4 unspecified atom stereocenters. The molecule has 1 heterocycles. The molecule has 0 aromatic heterocycles. The first-order chi connectivity index (χ1) is 19.3. The maximum absolute atomic E-state index is 14.2. The smallest absolute Gasteiger partial charge is 0.342 e. The number of phenolic OH excluding ortho intramolecular Hbond substituents is 1. The van der Waals surface area contributed by atoms with Crippen molar-refractivity contribution in [2.24, 2.45) is 17.3 Å². The standard InChI is InChI=1S/C37H54O4/c1-9-10-11-14-25-21-30-32(27-20-23(2)15-16-28(27)36(6,7)40-30)33(38)31(25)34(39)41-35(4,5)26-17-19-37(8)18-12-13-24(3)29(37)22-26/h20-21,26-28,38H,9-19,22H2,1-8H3. The van der Waals surface area contributed by atoms with E-state index in [0.29, 0.717) is 11.0 Å². The third-order valence-corrected chi connectivity index (χ3v) is 11.3. The second-order valence-corrected chi connectivity index (χ2v) is 15.1. The van der Waals surface area contributed by atoms with Crippen LogP contribution in [-0.2, 0) is 11.2 Å². The predicted molar refractivity (Wildman–Crippen MR) is 167 cm³/mol. The quantitative estimate of drug-likeness (QED) is 0.204. The van der Waals surface area contributed by atoms with E-state index in [2.05, 4.69) is 61.5 Å². The van der Waals surface area contributed by atoms with Crippen molar-refractivity contribution in [3.05, 3.63) is 45.6 Å². The number of ether oxygens (including phenoxy) is 2. The van der Waals surface area contributed by atoms with E-state index in [1.807, 2.05) is 6.07 Å². The van der Waals surface area contributed by atoms with Crippen molar-refractivity contribution in [3.8, 4) is 11.5 Å². The maximum Gasteiger partial charge on any atom is 0.342 e. The number of hydrogen-bond donors (Lipinski definition) is 1. The Kier molecular flexibility index (Phi) is 8.20. The molecule has 41 heavy (non-hydrogen) atoms. The largest absolute Gasteiger partial charge is 0.507 e. The third kappa shape index (κ3) is 5.62. The van der Waals surface area contributed by atoms with Crippen LogP contribution in [0.4, 0.5) is 0 Å². The van der Waals surface area contributed by atoms with Crippen LogP contribution in [0.15, 0.2) is 28.9 Å². The first kappa shape index (κ1) is 30.2. The monoisotopic (exact) mass is 562 g/mol. The normalized spacial score (nSPS) is 29.1. The van der Waals surface area contributed by atoms with Gasteiger partial charge in [-0.3, -0.25) is 0 Å². The fraction of sp³-hybridized carbons (Fsp3) is 0.703. The van der Waals surface area contributed by atoms with Gasteiger partial charge < -0.3 is 14.6 Å². The van der Waals surface area contributed by atoms with Gasteiger partial charge in [-0.1, -0.05) is 49.5 Å². The highest BCUT2D eigenvalue weighted by Crippen LogP contribution is 2.56. The summed E-state index contributed by atoms with van der Waals surface area (Å²) in [5.41, 5.74) is 5.80. The second-order valence-electron chi connectivity index (χ2n) is 15.1. The molecule has 5 rings (SSSR count). The first-order valence-electron chi connectivity index (χ1n) is 16.4. The van der Waals surface area contributed by atoms with Crippen LogP contribution in [0.3, 0.4) is 0 Å². The molecule has 4 heteroatoms. The average Bonchev–Trinajstić information content (AvgIpc) is 2.87. The minimum absolute atomic E-state index is 0.0315. The van der Waals surface area contributed by atoms with Gasteiger partial charge in [0.25, 0.3) is 0 Å². The Morgan fingerprint density at radius 1 is 1.12 bits per heavy atom. The summed E-state index contributed by atoms with van der Waals surface area (Å²) >= 11 is 0. The van der Waals surface area contributed by atoms with Crippen molar-refractivity contribution in [1.29, 1.82) is 0 Å². The zero-order valence-electron chi connectivity index (χ0n) is 27.0. The van der Waals surface area contributed by atoms with Gasteiger partial charge in [0.2, 0.25) is 0 Å². The number of allylic oxidation sites excluding steroid dienone is 4. The lowest BCUT2D eigenvalue weighted by molar-refractivity contribution is -0.0409. The molecule has 226 valence electrons. The van der Waals surface area contributed by atoms with Crippen LogP contribution >= 0.6 is 0 Å². The summed E-state index contributed by atoms with van der Waals surface area (Å²) < 4.78 is 13.1. The van der Waals surface area contributed by atoms with Gasteiger partial charge in [-0.05, 0) is 123 Å². The summed E-state index contributed by atoms with van der Waals surface area (Å²) in [7, 11) is 0. The molecule has 0 radical (unpaired) electrons. The fourth-order valence-electron chi connectivity index (χ4n) is 8.67. The van der Waals surface area contributed by atoms with Crippen LogP contribution in [0.5, 0.6) is 11.5 Å². The van der Waals surface area contributed by atoms with E-state index < -0.39 is 5.60 Å². The van der Waals surface area contributed by atoms with Gasteiger partial charge in [0, 0.05) is 23.3 Å². The molecule has 4 nitrogen and oxygen atoms in total. The van der Waals surface area contributed by atoms with Gasteiger partial charge in [-0.2, -0.15) is 0 Å². The molecule has 1 N–H and O–H groups in total. The lowest BCUT2D eigenvalue weighted by Gasteiger charge is -2.48. The molecule has 1 aromatic carbocycles. The van der Waals surface area contributed by atoms with Gasteiger partial charge in [0.15, 0.2) is 0 Å². The number of benzene rings is 1. The molecule has 3 aliphatic carbocycles. The highest BCUT2D eigenvalue weighted by Gasteiger charge is 2.48. The van der Waals surface area contributed by atoms with Crippen LogP contribution in [0.1, 0.15) is 153 Å². The molecule has 4 aliphatic rings. The van der Waals surface area contributed by atoms with Crippen molar-refractivity contribution in [2.45, 2.75) is 150 Å². The van der Waals surface area contributed by atoms with Crippen LogP contribution in [-0.4, -0.2) is 22.3 Å². The molecule has 1 saturated carbocycles. The Labute approximate surface area is 249 Å². The summed E-state index contributed by atoms with van der Waals surface area (Å²) in [6.45, 7) is 17.6. The second kappa shape index (κ2) is 11.1. The van der Waals surface area contributed by atoms with Crippen LogP contribution in [0.25, 0.3) is 0 Å². The highest BCUT2D eigenvalue weighted by molar-refractivity contribution is 5.95. The van der Waals surface area contributed by atoms with Crippen molar-refractivity contribution in [2.75, 3.05) is 0 Å². The summed E-state index contributed by atoms with van der Waals surface area (Å²) in [5.74, 6) is 0.968. The molecule has 1 fully saturated rings. The SMILES string of the molecule is CCCCCc1cc2c(c(O)c1C(=O)OC(C)(C)C1CCC3(C)CCCC(C)=C3C1)C1C=C(C)CCC1C(C)(C)O2. The van der Waals surface area contributed by atoms with E-state index in [1.165, 1.54) is 24.8 Å². The van der Waals surface area contributed by atoms with Gasteiger partial charge >= 0.3 is 5.97 Å². The van der Waals surface area contributed by atoms with Crippen molar-refractivity contribution in [1.82, 2.24) is 0 Å². The molecule has 0 saturated heterocycles. The number of phenols is 1. The summed E-state index contributed by atoms with van der Waals surface area (Å²) in [5, 5.41) is 12.0. The number of rotatable bonds is 7. The average molecular weight is 563 g/mol. The number of carbonyl (C=O) groups excluding carboxylic acids is 1. The minimum Gasteiger partial charge on any atom is -0.507 e. The molecular formula is C37H54O4. The van der Waals surface area contributed by atoms with Crippen LogP contribution in [0, 0.1) is 17.3 Å². The van der Waals surface area contributed by atoms with Gasteiger partial charge in [0.05, 0.1) is 0 Å². The third-order valence-electron chi connectivity index (χ3n) is 11.3. The Balaban J connectivity index is 1.50. The maximum atomic E-state index is 14.2. The highest BCUT2D eigenvalue weighted by atomic mass is 16.6. The topological polar surface area (TPSA) is 55.8 Å². The number of carbonyl (C=O) groups is 1. The molecule has 0 amide bonds. The first-order valence-corrected chi connectivity index (χ1v) is 16.4. The van der Waals surface area contributed by atoms with Gasteiger partial charge in [-0.15, -0.1) is 0 Å². The molecule has 1 aliphatic heterocycles. The number of hydrogen-bond acceptors (Lipinski definition) is 4. The fourth-order valence-corrected chi connectivity index (χ4v) is 8.67. The molecule has 4 atom stereocenters. The summed E-state index contributed by atoms with van der Waals surface area (Å²) in [6, 6.07) is 2.05. The number of esters is 1. The van der Waals surface area contributed by atoms with E-state index in [0.717, 1.165) is 74.7 Å². The minimum atomic E-state index is -0.630. The molecular weight excluding hydrogens is 508 g/mol. The summed E-state index contributed by atoms with van der Waals surface area (Å²) in [4.78, 5) is 14.2.